The molecule has 0 bridgehead atoms. The van der Waals surface area contributed by atoms with Crippen LogP contribution in [0.4, 0.5) is 21.9 Å². The first-order valence-corrected chi connectivity index (χ1v) is 16.6. The Morgan fingerprint density at radius 2 is 1.65 bits per heavy atom. The number of urea groups is 1. The number of fused-ring (bicyclic) bond motifs is 1. The Morgan fingerprint density at radius 1 is 0.938 bits per heavy atom. The zero-order valence-corrected chi connectivity index (χ0v) is 29.0. The summed E-state index contributed by atoms with van der Waals surface area (Å²) < 4.78 is 7.19. The van der Waals surface area contributed by atoms with Crippen LogP contribution in [-0.4, -0.2) is 34.7 Å². The van der Waals surface area contributed by atoms with E-state index >= 15 is 0 Å². The van der Waals surface area contributed by atoms with Crippen LogP contribution >= 0.6 is 0 Å². The molecule has 9 nitrogen and oxygen atoms in total. The van der Waals surface area contributed by atoms with Crippen molar-refractivity contribution in [1.29, 1.82) is 0 Å². The van der Waals surface area contributed by atoms with Crippen LogP contribution < -0.4 is 25.8 Å². The van der Waals surface area contributed by atoms with Gasteiger partial charge in [0.1, 0.15) is 17.1 Å². The molecule has 0 aliphatic rings. The number of pyridine rings is 3. The molecular weight excluding hydrogens is 600 g/mol. The van der Waals surface area contributed by atoms with Crippen molar-refractivity contribution in [2.45, 2.75) is 72.4 Å². The number of ether oxygens (including phenoxy) is 1. The largest absolute Gasteiger partial charge is 0.497 e. The van der Waals surface area contributed by atoms with Crippen molar-refractivity contribution in [2.75, 3.05) is 29.7 Å². The van der Waals surface area contributed by atoms with E-state index in [0.717, 1.165) is 51.9 Å². The third kappa shape index (κ3) is 7.35. The van der Waals surface area contributed by atoms with Crippen molar-refractivity contribution < 1.29 is 9.53 Å². The number of nitrogens with zero attached hydrogens (tertiary/aromatic N) is 4. The van der Waals surface area contributed by atoms with Gasteiger partial charge < -0.3 is 20.3 Å². The first-order chi connectivity index (χ1) is 23.1. The Hall–Kier alpha value is -5.18. The molecule has 0 spiro atoms. The molecule has 250 valence electrons. The maximum atomic E-state index is 14.3. The van der Waals surface area contributed by atoms with E-state index in [2.05, 4.69) is 85.4 Å². The van der Waals surface area contributed by atoms with Gasteiger partial charge in [-0.15, -0.1) is 0 Å². The number of hydrogen-bond acceptors (Lipinski definition) is 6. The molecule has 0 aliphatic carbocycles. The molecule has 0 saturated carbocycles. The van der Waals surface area contributed by atoms with Gasteiger partial charge in [-0.25, -0.2) is 9.78 Å². The smallest absolute Gasteiger partial charge is 0.323 e. The molecule has 3 heterocycles. The van der Waals surface area contributed by atoms with E-state index in [4.69, 9.17) is 4.74 Å². The van der Waals surface area contributed by atoms with Gasteiger partial charge in [-0.1, -0.05) is 59.2 Å². The summed E-state index contributed by atoms with van der Waals surface area (Å²) in [4.78, 5) is 39.4. The van der Waals surface area contributed by atoms with Crippen molar-refractivity contribution in [3.8, 4) is 16.9 Å². The van der Waals surface area contributed by atoms with E-state index in [1.54, 1.807) is 24.1 Å². The number of rotatable bonds is 12. The Labute approximate surface area is 283 Å². The normalized spacial score (nSPS) is 11.3. The maximum Gasteiger partial charge on any atom is 0.323 e. The minimum Gasteiger partial charge on any atom is -0.497 e. The summed E-state index contributed by atoms with van der Waals surface area (Å²) in [5, 5.41) is 6.95. The van der Waals surface area contributed by atoms with Gasteiger partial charge in [0.15, 0.2) is 0 Å². The lowest BCUT2D eigenvalue weighted by atomic mass is 9.91. The number of unbranched alkanes of at least 4 members (excludes halogenated alkanes) is 1. The van der Waals surface area contributed by atoms with Crippen LogP contribution in [0.5, 0.6) is 5.75 Å². The molecule has 0 unspecified atom stereocenters. The van der Waals surface area contributed by atoms with Gasteiger partial charge >= 0.3 is 6.03 Å². The van der Waals surface area contributed by atoms with Gasteiger partial charge in [-0.05, 0) is 83.0 Å². The number of carbonyl (C=O) groups is 1. The summed E-state index contributed by atoms with van der Waals surface area (Å²) in [7, 11) is 3.67. The highest BCUT2D eigenvalue weighted by Crippen LogP contribution is 2.38. The van der Waals surface area contributed by atoms with Crippen LogP contribution in [0.1, 0.15) is 76.0 Å². The Bertz CT molecular complexity index is 1920. The predicted molar refractivity (Wildman–Crippen MR) is 197 cm³/mol. The Balaban J connectivity index is 1.59. The van der Waals surface area contributed by atoms with Crippen LogP contribution in [0.25, 0.3) is 22.2 Å². The summed E-state index contributed by atoms with van der Waals surface area (Å²) in [5.74, 6) is 0.886. The first kappa shape index (κ1) is 34.2. The quantitative estimate of drug-likeness (QED) is 0.141. The number of carbonyl (C=O) groups excluding carboxylic acids is 1. The SMILES string of the molecule is CCCCn1c(=O)c(NC(=O)Nc2c(C(C)C)cc(N(C)Cc3cccnc3)cc2C(C)C)c(-c2cccc(OC)c2)c2cccnc21. The lowest BCUT2D eigenvalue weighted by Gasteiger charge is -2.26. The van der Waals surface area contributed by atoms with Crippen molar-refractivity contribution in [3.63, 3.8) is 0 Å². The molecule has 5 rings (SSSR count). The maximum absolute atomic E-state index is 14.3. The fourth-order valence-corrected chi connectivity index (χ4v) is 6.06. The number of amides is 2. The molecule has 0 saturated heterocycles. The topological polar surface area (TPSA) is 101 Å². The number of hydrogen-bond donors (Lipinski definition) is 2. The minimum atomic E-state index is -0.484. The fraction of sp³-hybridized carbons (Fsp3) is 0.333. The summed E-state index contributed by atoms with van der Waals surface area (Å²) >= 11 is 0. The van der Waals surface area contributed by atoms with E-state index in [1.165, 1.54) is 0 Å². The highest BCUT2D eigenvalue weighted by molar-refractivity contribution is 6.08. The highest BCUT2D eigenvalue weighted by atomic mass is 16.5. The van der Waals surface area contributed by atoms with Crippen LogP contribution in [0, 0.1) is 0 Å². The van der Waals surface area contributed by atoms with Crippen molar-refractivity contribution in [3.05, 3.63) is 106 Å². The number of aromatic nitrogens is 3. The molecule has 0 atom stereocenters. The summed E-state index contributed by atoms with van der Waals surface area (Å²) in [6.07, 6.45) is 7.05. The number of aryl methyl sites for hydroxylation is 1. The van der Waals surface area contributed by atoms with Crippen molar-refractivity contribution >= 4 is 34.1 Å². The second kappa shape index (κ2) is 15.2. The molecule has 0 fully saturated rings. The molecule has 48 heavy (non-hydrogen) atoms. The Morgan fingerprint density at radius 3 is 2.29 bits per heavy atom. The average molecular weight is 647 g/mol. The summed E-state index contributed by atoms with van der Waals surface area (Å²) in [6.45, 7) is 11.8. The second-order valence-corrected chi connectivity index (χ2v) is 12.8. The molecule has 2 N–H and O–H groups in total. The van der Waals surface area contributed by atoms with Crippen LogP contribution in [0.15, 0.2) is 84.0 Å². The van der Waals surface area contributed by atoms with Gasteiger partial charge in [-0.2, -0.15) is 0 Å². The monoisotopic (exact) mass is 646 g/mol. The van der Waals surface area contributed by atoms with Crippen LogP contribution in [0.2, 0.25) is 0 Å². The molecular formula is C39H46N6O3. The third-order valence-corrected chi connectivity index (χ3v) is 8.60. The van der Waals surface area contributed by atoms with E-state index in [0.29, 0.717) is 30.0 Å². The molecule has 0 aliphatic heterocycles. The lowest BCUT2D eigenvalue weighted by Crippen LogP contribution is -2.30. The lowest BCUT2D eigenvalue weighted by molar-refractivity contribution is 0.262. The number of benzene rings is 2. The Kier molecular flexibility index (Phi) is 10.8. The van der Waals surface area contributed by atoms with Crippen LogP contribution in [0.3, 0.4) is 0 Å². The summed E-state index contributed by atoms with van der Waals surface area (Å²) in [5.41, 5.74) is 6.77. The average Bonchev–Trinajstić information content (AvgIpc) is 3.08. The number of nitrogens with one attached hydrogen (secondary N) is 2. The van der Waals surface area contributed by atoms with Gasteiger partial charge in [0.25, 0.3) is 5.56 Å². The van der Waals surface area contributed by atoms with Crippen molar-refractivity contribution in [1.82, 2.24) is 14.5 Å². The predicted octanol–water partition coefficient (Wildman–Crippen LogP) is 8.79. The third-order valence-electron chi connectivity index (χ3n) is 8.60. The van der Waals surface area contributed by atoms with E-state index in [-0.39, 0.29) is 23.1 Å². The number of anilines is 3. The van der Waals surface area contributed by atoms with Gasteiger partial charge in [0, 0.05) is 61.1 Å². The molecule has 2 amide bonds. The molecule has 0 radical (unpaired) electrons. The van der Waals surface area contributed by atoms with Gasteiger partial charge in [-0.3, -0.25) is 14.3 Å². The van der Waals surface area contributed by atoms with E-state index < -0.39 is 6.03 Å². The van der Waals surface area contributed by atoms with Crippen molar-refractivity contribution in [2.24, 2.45) is 0 Å². The molecule has 2 aromatic carbocycles. The molecule has 3 aromatic heterocycles. The van der Waals surface area contributed by atoms with Gasteiger partial charge in [0.2, 0.25) is 0 Å². The highest BCUT2D eigenvalue weighted by Gasteiger charge is 2.24. The second-order valence-electron chi connectivity index (χ2n) is 12.8. The molecule has 5 aromatic rings. The van der Waals surface area contributed by atoms with E-state index in [1.807, 2.05) is 48.7 Å². The standard InChI is InChI=1S/C39H46N6O3/c1-8-9-19-45-37-31(16-12-18-41-37)34(28-14-10-15-30(20-28)48-7)36(38(45)46)43-39(47)42-35-32(25(2)3)21-29(22-33(35)26(4)5)44(6)24-27-13-11-17-40-23-27/h10-18,20-23,25-26H,8-9,19,24H2,1-7H3,(H2,42,43,47). The van der Waals surface area contributed by atoms with Crippen LogP contribution in [-0.2, 0) is 13.1 Å². The zero-order chi connectivity index (χ0) is 34.4. The fourth-order valence-electron chi connectivity index (χ4n) is 6.06. The minimum absolute atomic E-state index is 0.120. The molecule has 9 heteroatoms. The number of methoxy groups -OCH3 is 1. The van der Waals surface area contributed by atoms with Gasteiger partial charge in [0.05, 0.1) is 7.11 Å². The summed E-state index contributed by atoms with van der Waals surface area (Å²) in [6, 6.07) is 19.1. The zero-order valence-electron chi connectivity index (χ0n) is 29.0. The van der Waals surface area contributed by atoms with E-state index in [9.17, 15) is 9.59 Å². The first-order valence-electron chi connectivity index (χ1n) is 16.6.